The zero-order chi connectivity index (χ0) is 20.5. The van der Waals surface area contributed by atoms with E-state index in [1.165, 1.54) is 75.5 Å². The van der Waals surface area contributed by atoms with Crippen LogP contribution in [0.5, 0.6) is 0 Å². The van der Waals surface area contributed by atoms with Crippen LogP contribution in [0, 0.1) is 0 Å². The molecule has 0 spiro atoms. The van der Waals surface area contributed by atoms with E-state index in [1.807, 2.05) is 0 Å². The molecule has 29 heavy (non-hydrogen) atoms. The van der Waals surface area contributed by atoms with Crippen LogP contribution in [-0.2, 0) is 4.12 Å². The monoisotopic (exact) mass is 426 g/mol. The van der Waals surface area contributed by atoms with Crippen LogP contribution < -0.4 is 0 Å². The lowest BCUT2D eigenvalue weighted by atomic mass is 9.93. The van der Waals surface area contributed by atoms with Crippen molar-refractivity contribution in [3.05, 3.63) is 46.6 Å². The number of rotatable bonds is 8. The highest BCUT2D eigenvalue weighted by molar-refractivity contribution is 6.89. The molecule has 2 atom stereocenters. The van der Waals surface area contributed by atoms with Gasteiger partial charge in [0, 0.05) is 11.1 Å². The minimum absolute atomic E-state index is 0.656. The SMILES string of the molecule is CC[Si](CC)(O[Si](CC)(CC)C1C=CC2=C1CCCC2)C1C=CC2=C1CCCC2. The molecule has 0 aromatic carbocycles. The second kappa shape index (κ2) is 8.84. The van der Waals surface area contributed by atoms with Crippen LogP contribution >= 0.6 is 0 Å². The average Bonchev–Trinajstić information content (AvgIpc) is 3.41. The van der Waals surface area contributed by atoms with Gasteiger partial charge in [0.25, 0.3) is 0 Å². The Bertz CT molecular complexity index is 672. The van der Waals surface area contributed by atoms with Crippen LogP contribution in [0.3, 0.4) is 0 Å². The molecule has 160 valence electrons. The minimum Gasteiger partial charge on any atom is -0.454 e. The summed E-state index contributed by atoms with van der Waals surface area (Å²) in [7, 11) is -3.72. The van der Waals surface area contributed by atoms with E-state index in [0.29, 0.717) is 11.1 Å². The summed E-state index contributed by atoms with van der Waals surface area (Å²) in [6.07, 6.45) is 21.0. The molecule has 0 aromatic heterocycles. The van der Waals surface area contributed by atoms with Crippen LogP contribution in [0.4, 0.5) is 0 Å². The molecule has 1 nitrogen and oxygen atoms in total. The van der Waals surface area contributed by atoms with E-state index in [9.17, 15) is 0 Å². The van der Waals surface area contributed by atoms with Crippen LogP contribution in [0.1, 0.15) is 79.1 Å². The normalized spacial score (nSPS) is 27.0. The smallest absolute Gasteiger partial charge is 0.190 e. The zero-order valence-electron chi connectivity index (χ0n) is 19.4. The van der Waals surface area contributed by atoms with Crippen molar-refractivity contribution >= 4 is 16.6 Å². The summed E-state index contributed by atoms with van der Waals surface area (Å²) in [5, 5.41) is 0. The van der Waals surface area contributed by atoms with Crippen molar-refractivity contribution in [2.45, 2.75) is 114 Å². The molecule has 0 saturated carbocycles. The molecule has 4 rings (SSSR count). The summed E-state index contributed by atoms with van der Waals surface area (Å²) in [5.74, 6) is 0. The minimum atomic E-state index is -1.86. The van der Waals surface area contributed by atoms with Crippen LogP contribution in [0.25, 0.3) is 0 Å². The van der Waals surface area contributed by atoms with Gasteiger partial charge in [-0.1, -0.05) is 63.1 Å². The van der Waals surface area contributed by atoms with Gasteiger partial charge in [-0.3, -0.25) is 0 Å². The summed E-state index contributed by atoms with van der Waals surface area (Å²) in [6, 6.07) is 5.08. The van der Waals surface area contributed by atoms with E-state index >= 15 is 0 Å². The molecule has 0 bridgehead atoms. The van der Waals surface area contributed by atoms with Crippen LogP contribution in [0.2, 0.25) is 35.3 Å². The first-order valence-electron chi connectivity index (χ1n) is 12.6. The highest BCUT2D eigenvalue weighted by Crippen LogP contribution is 2.53. The first kappa shape index (κ1) is 21.6. The average molecular weight is 427 g/mol. The molecule has 0 N–H and O–H groups in total. The molecule has 0 aliphatic heterocycles. The van der Waals surface area contributed by atoms with Gasteiger partial charge in [0.2, 0.25) is 0 Å². The molecule has 0 heterocycles. The quantitative estimate of drug-likeness (QED) is 0.353. The molecule has 3 heteroatoms. The van der Waals surface area contributed by atoms with E-state index in [-0.39, 0.29) is 0 Å². The fraction of sp³-hybridized carbons (Fsp3) is 0.692. The van der Waals surface area contributed by atoms with Crippen molar-refractivity contribution in [1.82, 2.24) is 0 Å². The topological polar surface area (TPSA) is 9.23 Å². The number of hydrogen-bond acceptors (Lipinski definition) is 1. The second-order valence-electron chi connectivity index (χ2n) is 9.83. The summed E-state index contributed by atoms with van der Waals surface area (Å²) >= 11 is 0. The van der Waals surface area contributed by atoms with E-state index < -0.39 is 16.6 Å². The third-order valence-corrected chi connectivity index (χ3v) is 20.2. The van der Waals surface area contributed by atoms with Crippen LogP contribution in [0.15, 0.2) is 46.6 Å². The van der Waals surface area contributed by atoms with Crippen LogP contribution in [-0.4, -0.2) is 16.6 Å². The molecule has 2 unspecified atom stereocenters. The molecule has 0 aromatic rings. The largest absolute Gasteiger partial charge is 0.454 e. The lowest BCUT2D eigenvalue weighted by Gasteiger charge is -2.48. The summed E-state index contributed by atoms with van der Waals surface area (Å²) < 4.78 is 7.80. The maximum Gasteiger partial charge on any atom is 0.190 e. The molecular formula is C26H42OSi2. The Balaban J connectivity index is 1.69. The van der Waals surface area contributed by atoms with Gasteiger partial charge in [-0.05, 0) is 86.7 Å². The zero-order valence-corrected chi connectivity index (χ0v) is 21.4. The summed E-state index contributed by atoms with van der Waals surface area (Å²) in [5.41, 5.74) is 8.26. The third-order valence-electron chi connectivity index (χ3n) is 8.77. The first-order chi connectivity index (χ1) is 14.1. The fourth-order valence-corrected chi connectivity index (χ4v) is 19.0. The van der Waals surface area contributed by atoms with E-state index in [1.54, 1.807) is 22.3 Å². The van der Waals surface area contributed by atoms with Crippen molar-refractivity contribution < 1.29 is 4.12 Å². The standard InChI is InChI=1S/C26H42OSi2/c1-5-28(6-2,25-19-17-21-13-9-11-15-23(21)25)27-29(7-3,8-4)26-20-18-22-14-10-12-16-24(22)26/h17-20,25-26H,5-16H2,1-4H3. The Hall–Kier alpha value is -0.646. The number of allylic oxidation sites excluding steroid dienone is 8. The fourth-order valence-electron chi connectivity index (χ4n) is 6.84. The Morgan fingerprint density at radius 2 is 1.03 bits per heavy atom. The number of hydrogen-bond donors (Lipinski definition) is 0. The van der Waals surface area contributed by atoms with Crippen molar-refractivity contribution in [1.29, 1.82) is 0 Å². The predicted molar refractivity (Wildman–Crippen MR) is 131 cm³/mol. The molecule has 4 aliphatic carbocycles. The first-order valence-corrected chi connectivity index (χ1v) is 17.4. The van der Waals surface area contributed by atoms with Crippen molar-refractivity contribution in [3.8, 4) is 0 Å². The van der Waals surface area contributed by atoms with Gasteiger partial charge in [-0.15, -0.1) is 0 Å². The lowest BCUT2D eigenvalue weighted by Crippen LogP contribution is -2.55. The summed E-state index contributed by atoms with van der Waals surface area (Å²) in [4.78, 5) is 0. The maximum absolute atomic E-state index is 7.80. The van der Waals surface area contributed by atoms with Gasteiger partial charge in [0.05, 0.1) is 0 Å². The lowest BCUT2D eigenvalue weighted by molar-refractivity contribution is 0.489. The molecule has 0 amide bonds. The molecule has 4 aliphatic rings. The van der Waals surface area contributed by atoms with E-state index in [0.717, 1.165) is 0 Å². The van der Waals surface area contributed by atoms with Crippen molar-refractivity contribution in [3.63, 3.8) is 0 Å². The van der Waals surface area contributed by atoms with E-state index in [2.05, 4.69) is 52.0 Å². The van der Waals surface area contributed by atoms with Gasteiger partial charge >= 0.3 is 0 Å². The Morgan fingerprint density at radius 3 is 1.41 bits per heavy atom. The summed E-state index contributed by atoms with van der Waals surface area (Å²) in [6.45, 7) is 9.80. The predicted octanol–water partition coefficient (Wildman–Crippen LogP) is 8.59. The highest BCUT2D eigenvalue weighted by Gasteiger charge is 2.52. The Labute approximate surface area is 181 Å². The van der Waals surface area contributed by atoms with Crippen molar-refractivity contribution in [2.75, 3.05) is 0 Å². The van der Waals surface area contributed by atoms with Gasteiger partial charge in [-0.25, -0.2) is 0 Å². The molecule has 0 fully saturated rings. The third kappa shape index (κ3) is 3.66. The molecule has 0 radical (unpaired) electrons. The van der Waals surface area contributed by atoms with E-state index in [4.69, 9.17) is 4.12 Å². The van der Waals surface area contributed by atoms with Gasteiger partial charge < -0.3 is 4.12 Å². The van der Waals surface area contributed by atoms with Gasteiger partial charge in [-0.2, -0.15) is 0 Å². The molecule has 0 saturated heterocycles. The molecular weight excluding hydrogens is 384 g/mol. The Morgan fingerprint density at radius 1 is 0.655 bits per heavy atom. The second-order valence-corrected chi connectivity index (χ2v) is 19.0. The highest BCUT2D eigenvalue weighted by atomic mass is 28.4. The van der Waals surface area contributed by atoms with Gasteiger partial charge in [0.1, 0.15) is 0 Å². The maximum atomic E-state index is 7.80. The van der Waals surface area contributed by atoms with Crippen molar-refractivity contribution in [2.24, 2.45) is 0 Å². The van der Waals surface area contributed by atoms with Gasteiger partial charge in [0.15, 0.2) is 16.6 Å². The Kier molecular flexibility index (Phi) is 6.58.